The lowest BCUT2D eigenvalue weighted by Crippen LogP contribution is -2.48. The minimum atomic E-state index is 0.676. The molecule has 19 heavy (non-hydrogen) atoms. The van der Waals surface area contributed by atoms with Crippen LogP contribution in [0.3, 0.4) is 0 Å². The van der Waals surface area contributed by atoms with Crippen LogP contribution in [0.25, 0.3) is 0 Å². The van der Waals surface area contributed by atoms with E-state index in [-0.39, 0.29) is 0 Å². The van der Waals surface area contributed by atoms with Crippen LogP contribution < -0.4 is 5.32 Å². The maximum Gasteiger partial charge on any atom is 0.182 e. The van der Waals surface area contributed by atoms with E-state index in [1.807, 2.05) is 6.20 Å². The molecule has 0 radical (unpaired) electrons. The van der Waals surface area contributed by atoms with Crippen molar-refractivity contribution >= 4 is 16.5 Å². The van der Waals surface area contributed by atoms with E-state index >= 15 is 0 Å². The summed E-state index contributed by atoms with van der Waals surface area (Å²) >= 11 is 1.80. The molecule has 1 N–H and O–H groups in total. The molecule has 0 unspecified atom stereocenters. The average molecular weight is 282 g/mol. The molecule has 1 saturated heterocycles. The van der Waals surface area contributed by atoms with Crippen molar-refractivity contribution in [3.63, 3.8) is 0 Å². The smallest absolute Gasteiger partial charge is 0.182 e. The molecule has 2 heterocycles. The first-order chi connectivity index (χ1) is 9.19. The molecule has 0 saturated carbocycles. The normalized spacial score (nSPS) is 18.1. The van der Waals surface area contributed by atoms with E-state index in [1.54, 1.807) is 11.3 Å². The highest BCUT2D eigenvalue weighted by Crippen LogP contribution is 2.20. The first kappa shape index (κ1) is 14.8. The molecule has 5 heteroatoms. The van der Waals surface area contributed by atoms with Crippen molar-refractivity contribution in [2.75, 3.05) is 38.0 Å². The van der Waals surface area contributed by atoms with E-state index < -0.39 is 0 Å². The Labute approximate surface area is 120 Å². The van der Waals surface area contributed by atoms with Crippen molar-refractivity contribution < 1.29 is 0 Å². The van der Waals surface area contributed by atoms with Gasteiger partial charge >= 0.3 is 0 Å². The summed E-state index contributed by atoms with van der Waals surface area (Å²) in [5.74, 6) is 0. The van der Waals surface area contributed by atoms with Crippen LogP contribution in [-0.2, 0) is 6.54 Å². The van der Waals surface area contributed by atoms with Gasteiger partial charge in [0.1, 0.15) is 0 Å². The molecule has 1 fully saturated rings. The summed E-state index contributed by atoms with van der Waals surface area (Å²) in [4.78, 5) is 10.9. The van der Waals surface area contributed by atoms with Gasteiger partial charge in [-0.05, 0) is 20.3 Å². The molecule has 1 aromatic heterocycles. The van der Waals surface area contributed by atoms with Crippen LogP contribution >= 0.6 is 11.3 Å². The van der Waals surface area contributed by atoms with Crippen LogP contribution in [0, 0.1) is 0 Å². The molecule has 1 aromatic rings. The summed E-state index contributed by atoms with van der Waals surface area (Å²) in [5.41, 5.74) is 0. The van der Waals surface area contributed by atoms with Crippen molar-refractivity contribution in [3.8, 4) is 0 Å². The van der Waals surface area contributed by atoms with E-state index in [1.165, 1.54) is 31.1 Å². The Bertz CT molecular complexity index is 369. The standard InChI is InChI=1S/C14H26N4S/c1-4-5-15-14-16-10-13(19-14)11-17-6-8-18(9-7-17)12(2)3/h10,12H,4-9,11H2,1-3H3,(H,15,16). The molecular weight excluding hydrogens is 256 g/mol. The van der Waals surface area contributed by atoms with E-state index in [0.717, 1.165) is 24.6 Å². The first-order valence-electron chi connectivity index (χ1n) is 7.34. The molecular formula is C14H26N4S. The number of aromatic nitrogens is 1. The Morgan fingerprint density at radius 2 is 2.05 bits per heavy atom. The molecule has 1 aliphatic rings. The fourth-order valence-corrected chi connectivity index (χ4v) is 3.23. The van der Waals surface area contributed by atoms with E-state index in [0.29, 0.717) is 6.04 Å². The fraction of sp³-hybridized carbons (Fsp3) is 0.786. The van der Waals surface area contributed by atoms with Crippen LogP contribution in [0.4, 0.5) is 5.13 Å². The third kappa shape index (κ3) is 4.44. The predicted molar refractivity (Wildman–Crippen MR) is 82.9 cm³/mol. The number of anilines is 1. The van der Waals surface area contributed by atoms with Crippen molar-refractivity contribution in [1.82, 2.24) is 14.8 Å². The van der Waals surface area contributed by atoms with Gasteiger partial charge in [-0.1, -0.05) is 6.92 Å². The van der Waals surface area contributed by atoms with Crippen LogP contribution in [-0.4, -0.2) is 53.5 Å². The van der Waals surface area contributed by atoms with Crippen LogP contribution in [0.15, 0.2) is 6.20 Å². The highest BCUT2D eigenvalue weighted by molar-refractivity contribution is 7.15. The number of rotatable bonds is 6. The zero-order chi connectivity index (χ0) is 13.7. The third-order valence-electron chi connectivity index (χ3n) is 3.60. The van der Waals surface area contributed by atoms with Crippen molar-refractivity contribution in [2.45, 2.75) is 39.8 Å². The van der Waals surface area contributed by atoms with Gasteiger partial charge in [0.05, 0.1) is 0 Å². The molecule has 0 aromatic carbocycles. The zero-order valence-electron chi connectivity index (χ0n) is 12.4. The van der Waals surface area contributed by atoms with Crippen molar-refractivity contribution in [1.29, 1.82) is 0 Å². The number of nitrogens with zero attached hydrogens (tertiary/aromatic N) is 3. The monoisotopic (exact) mass is 282 g/mol. The number of nitrogens with one attached hydrogen (secondary N) is 1. The molecule has 1 aliphatic heterocycles. The highest BCUT2D eigenvalue weighted by Gasteiger charge is 2.19. The fourth-order valence-electron chi connectivity index (χ4n) is 2.35. The number of piperazine rings is 1. The minimum absolute atomic E-state index is 0.676. The van der Waals surface area contributed by atoms with E-state index in [2.05, 4.69) is 40.9 Å². The predicted octanol–water partition coefficient (Wildman–Crippen LogP) is 2.49. The maximum absolute atomic E-state index is 4.43. The Balaban J connectivity index is 1.77. The summed E-state index contributed by atoms with van der Waals surface area (Å²) < 4.78 is 0. The molecule has 108 valence electrons. The van der Waals surface area contributed by atoms with Gasteiger partial charge in [0, 0.05) is 56.4 Å². The van der Waals surface area contributed by atoms with Crippen LogP contribution in [0.5, 0.6) is 0 Å². The number of thiazole rings is 1. The van der Waals surface area contributed by atoms with Gasteiger partial charge < -0.3 is 5.32 Å². The second-order valence-electron chi connectivity index (χ2n) is 5.46. The summed E-state index contributed by atoms with van der Waals surface area (Å²) in [6.45, 7) is 13.5. The number of hydrogen-bond donors (Lipinski definition) is 1. The lowest BCUT2D eigenvalue weighted by atomic mass is 10.2. The topological polar surface area (TPSA) is 31.4 Å². The second kappa shape index (κ2) is 7.22. The Kier molecular flexibility index (Phi) is 5.60. The Morgan fingerprint density at radius 1 is 1.32 bits per heavy atom. The van der Waals surface area contributed by atoms with Gasteiger partial charge in [0.2, 0.25) is 0 Å². The Morgan fingerprint density at radius 3 is 2.68 bits per heavy atom. The molecule has 4 nitrogen and oxygen atoms in total. The van der Waals surface area contributed by atoms with Gasteiger partial charge in [-0.25, -0.2) is 4.98 Å². The van der Waals surface area contributed by atoms with Crippen molar-refractivity contribution in [3.05, 3.63) is 11.1 Å². The first-order valence-corrected chi connectivity index (χ1v) is 8.15. The molecule has 0 amide bonds. The summed E-state index contributed by atoms with van der Waals surface area (Å²) in [7, 11) is 0. The minimum Gasteiger partial charge on any atom is -0.362 e. The van der Waals surface area contributed by atoms with Gasteiger partial charge in [-0.3, -0.25) is 9.80 Å². The highest BCUT2D eigenvalue weighted by atomic mass is 32.1. The SMILES string of the molecule is CCCNc1ncc(CN2CCN(C(C)C)CC2)s1. The van der Waals surface area contributed by atoms with Gasteiger partial charge in [0.15, 0.2) is 5.13 Å². The quantitative estimate of drug-likeness (QED) is 0.868. The second-order valence-corrected chi connectivity index (χ2v) is 6.58. The van der Waals surface area contributed by atoms with E-state index in [9.17, 15) is 0 Å². The van der Waals surface area contributed by atoms with Crippen molar-refractivity contribution in [2.24, 2.45) is 0 Å². The lowest BCUT2D eigenvalue weighted by molar-refractivity contribution is 0.105. The zero-order valence-corrected chi connectivity index (χ0v) is 13.2. The van der Waals surface area contributed by atoms with Crippen LogP contribution in [0.1, 0.15) is 32.1 Å². The van der Waals surface area contributed by atoms with Gasteiger partial charge in [-0.15, -0.1) is 11.3 Å². The van der Waals surface area contributed by atoms with E-state index in [4.69, 9.17) is 0 Å². The largest absolute Gasteiger partial charge is 0.362 e. The molecule has 0 aliphatic carbocycles. The van der Waals surface area contributed by atoms with Crippen LogP contribution in [0.2, 0.25) is 0 Å². The molecule has 2 rings (SSSR count). The molecule has 0 spiro atoms. The van der Waals surface area contributed by atoms with Gasteiger partial charge in [0.25, 0.3) is 0 Å². The lowest BCUT2D eigenvalue weighted by Gasteiger charge is -2.36. The molecule has 0 bridgehead atoms. The average Bonchev–Trinajstić information content (AvgIpc) is 2.84. The number of hydrogen-bond acceptors (Lipinski definition) is 5. The Hall–Kier alpha value is -0.650. The summed E-state index contributed by atoms with van der Waals surface area (Å²) in [6, 6.07) is 0.676. The third-order valence-corrected chi connectivity index (χ3v) is 4.54. The summed E-state index contributed by atoms with van der Waals surface area (Å²) in [5, 5.41) is 4.42. The molecule has 0 atom stereocenters. The maximum atomic E-state index is 4.43. The summed E-state index contributed by atoms with van der Waals surface area (Å²) in [6.07, 6.45) is 3.17. The van der Waals surface area contributed by atoms with Gasteiger partial charge in [-0.2, -0.15) is 0 Å².